The highest BCUT2D eigenvalue weighted by atomic mass is 16.1. The van der Waals surface area contributed by atoms with Crippen LogP contribution in [0, 0.1) is 12.3 Å². The zero-order valence-corrected chi connectivity index (χ0v) is 2.85. The molecule has 0 aromatic heterocycles. The Morgan fingerprint density at radius 1 is 2.00 bits per heavy atom. The minimum absolute atomic E-state index is 0.329. The predicted octanol–water partition coefficient (Wildman–Crippen LogP) is 0.409. The molecule has 1 aliphatic rings. The summed E-state index contributed by atoms with van der Waals surface area (Å²) in [7, 11) is 0. The van der Waals surface area contributed by atoms with E-state index in [1.807, 2.05) is 6.42 Å². The second kappa shape index (κ2) is 0.814. The Labute approximate surface area is 31.0 Å². The average molecular weight is 69.1 g/mol. The first-order valence-corrected chi connectivity index (χ1v) is 1.72. The molecule has 0 N–H and O–H groups in total. The molecule has 0 bridgehead atoms. The van der Waals surface area contributed by atoms with E-state index in [1.165, 1.54) is 0 Å². The maximum Gasteiger partial charge on any atom is 0.0906 e. The van der Waals surface area contributed by atoms with Gasteiger partial charge in [-0.2, -0.15) is 6.42 Å². The third kappa shape index (κ3) is 0.469. The van der Waals surface area contributed by atoms with Crippen LogP contribution in [0.1, 0.15) is 6.42 Å². The minimum atomic E-state index is 0.329. The van der Waals surface area contributed by atoms with Crippen LogP contribution in [0.2, 0.25) is 0 Å². The first-order valence-electron chi connectivity index (χ1n) is 1.72. The Morgan fingerprint density at radius 3 is 2.60 bits per heavy atom. The second-order valence-corrected chi connectivity index (χ2v) is 1.27. The van der Waals surface area contributed by atoms with Gasteiger partial charge in [-0.25, -0.2) is 0 Å². The van der Waals surface area contributed by atoms with Crippen molar-refractivity contribution in [3.8, 4) is 0 Å². The predicted molar refractivity (Wildman–Crippen MR) is 18.5 cm³/mol. The number of carbonyl (C=O) groups is 1. The van der Waals surface area contributed by atoms with Crippen LogP contribution < -0.4 is 0 Å². The van der Waals surface area contributed by atoms with Crippen LogP contribution in [0.5, 0.6) is 0 Å². The van der Waals surface area contributed by atoms with Gasteiger partial charge in [-0.3, -0.25) is 0 Å². The summed E-state index contributed by atoms with van der Waals surface area (Å²) >= 11 is 0. The van der Waals surface area contributed by atoms with E-state index < -0.39 is 0 Å². The van der Waals surface area contributed by atoms with Crippen molar-refractivity contribution in [1.29, 1.82) is 0 Å². The number of hydrogen-bond donors (Lipinski definition) is 0. The van der Waals surface area contributed by atoms with Gasteiger partial charge in [0, 0.05) is 0 Å². The lowest BCUT2D eigenvalue weighted by molar-refractivity contribution is -0.108. The smallest absolute Gasteiger partial charge is 0.0906 e. The molecule has 1 atom stereocenters. The van der Waals surface area contributed by atoms with Gasteiger partial charge in [0.1, 0.15) is 0 Å². The van der Waals surface area contributed by atoms with Crippen molar-refractivity contribution in [1.82, 2.24) is 0 Å². The molecule has 0 saturated heterocycles. The highest BCUT2D eigenvalue weighted by Crippen LogP contribution is 2.23. The standard InChI is InChI=1S/C4H5O/c5-3-4-1-2-4/h1,3-4H,2H2/q-1. The van der Waals surface area contributed by atoms with Crippen molar-refractivity contribution in [2.24, 2.45) is 5.92 Å². The van der Waals surface area contributed by atoms with Crippen LogP contribution in [0.15, 0.2) is 0 Å². The molecule has 5 heavy (non-hydrogen) atoms. The summed E-state index contributed by atoms with van der Waals surface area (Å²) in [6.45, 7) is 0. The van der Waals surface area contributed by atoms with Crippen LogP contribution in [0.25, 0.3) is 0 Å². The number of hydrogen-bond acceptors (Lipinski definition) is 1. The fourth-order valence-electron chi connectivity index (χ4n) is 0.190. The molecule has 1 saturated carbocycles. The highest BCUT2D eigenvalue weighted by Gasteiger charge is 2.02. The van der Waals surface area contributed by atoms with E-state index in [9.17, 15) is 4.79 Å². The van der Waals surface area contributed by atoms with Gasteiger partial charge in [-0.1, -0.05) is 0 Å². The molecule has 1 heteroatoms. The molecule has 1 nitrogen and oxygen atoms in total. The van der Waals surface area contributed by atoms with Crippen molar-refractivity contribution < 1.29 is 4.79 Å². The molecule has 0 heterocycles. The molecule has 0 aliphatic heterocycles. The molecule has 0 spiro atoms. The summed E-state index contributed by atoms with van der Waals surface area (Å²) in [4.78, 5) is 9.54. The highest BCUT2D eigenvalue weighted by molar-refractivity contribution is 5.60. The molecule has 1 unspecified atom stereocenters. The largest absolute Gasteiger partial charge is 0.323 e. The molecule has 0 radical (unpaired) electrons. The van der Waals surface area contributed by atoms with E-state index in [0.717, 1.165) is 12.7 Å². The van der Waals surface area contributed by atoms with Crippen LogP contribution in [-0.2, 0) is 4.79 Å². The monoisotopic (exact) mass is 69.0 g/mol. The zero-order chi connectivity index (χ0) is 3.70. The fourth-order valence-corrected chi connectivity index (χ4v) is 0.190. The lowest BCUT2D eigenvalue weighted by Gasteiger charge is -1.68. The third-order valence-electron chi connectivity index (χ3n) is 0.683. The van der Waals surface area contributed by atoms with Gasteiger partial charge in [0.2, 0.25) is 0 Å². The second-order valence-electron chi connectivity index (χ2n) is 1.27. The van der Waals surface area contributed by atoms with Gasteiger partial charge >= 0.3 is 0 Å². The van der Waals surface area contributed by atoms with E-state index in [2.05, 4.69) is 0 Å². The summed E-state index contributed by atoms with van der Waals surface area (Å²) < 4.78 is 0. The van der Waals surface area contributed by atoms with Gasteiger partial charge in [0.25, 0.3) is 0 Å². The molecular formula is C4H5O-. The Hall–Kier alpha value is -0.330. The quantitative estimate of drug-likeness (QED) is 0.322. The van der Waals surface area contributed by atoms with E-state index in [0.29, 0.717) is 5.92 Å². The van der Waals surface area contributed by atoms with Gasteiger partial charge in [-0.15, -0.1) is 5.92 Å². The number of rotatable bonds is 1. The van der Waals surface area contributed by atoms with Gasteiger partial charge in [0.05, 0.1) is 6.29 Å². The number of aldehydes is 1. The Morgan fingerprint density at radius 2 is 2.60 bits per heavy atom. The van der Waals surface area contributed by atoms with Crippen molar-refractivity contribution in [3.63, 3.8) is 0 Å². The van der Waals surface area contributed by atoms with Crippen LogP contribution >= 0.6 is 0 Å². The summed E-state index contributed by atoms with van der Waals surface area (Å²) in [5.41, 5.74) is 0. The van der Waals surface area contributed by atoms with E-state index in [1.54, 1.807) is 0 Å². The Kier molecular flexibility index (Phi) is 0.469. The SMILES string of the molecule is O=CC1[CH-]C1. The molecule has 0 aromatic rings. The zero-order valence-electron chi connectivity index (χ0n) is 2.85. The van der Waals surface area contributed by atoms with Gasteiger partial charge in [-0.05, 0) is 0 Å². The summed E-state index contributed by atoms with van der Waals surface area (Å²) in [6, 6.07) is 0. The molecule has 1 aliphatic carbocycles. The lowest BCUT2D eigenvalue weighted by Crippen LogP contribution is -1.67. The third-order valence-corrected chi connectivity index (χ3v) is 0.683. The fraction of sp³-hybridized carbons (Fsp3) is 0.500. The Bertz CT molecular complexity index is 45.6. The van der Waals surface area contributed by atoms with Gasteiger partial charge in [0.15, 0.2) is 0 Å². The van der Waals surface area contributed by atoms with E-state index >= 15 is 0 Å². The van der Waals surface area contributed by atoms with Crippen molar-refractivity contribution in [2.75, 3.05) is 0 Å². The number of carbonyl (C=O) groups excluding carboxylic acids is 1. The first kappa shape index (κ1) is 2.88. The molecular weight excluding hydrogens is 64.0 g/mol. The molecule has 0 aromatic carbocycles. The first-order chi connectivity index (χ1) is 2.43. The van der Waals surface area contributed by atoms with Crippen molar-refractivity contribution in [3.05, 3.63) is 6.42 Å². The summed E-state index contributed by atoms with van der Waals surface area (Å²) in [5.74, 6) is 0.329. The average Bonchev–Trinajstić information content (AvgIpc) is 2.12. The molecule has 1 fully saturated rings. The molecule has 1 rings (SSSR count). The topological polar surface area (TPSA) is 17.1 Å². The van der Waals surface area contributed by atoms with Crippen LogP contribution in [0.4, 0.5) is 0 Å². The minimum Gasteiger partial charge on any atom is -0.323 e. The van der Waals surface area contributed by atoms with E-state index in [-0.39, 0.29) is 0 Å². The van der Waals surface area contributed by atoms with Crippen molar-refractivity contribution in [2.45, 2.75) is 6.42 Å². The van der Waals surface area contributed by atoms with Crippen LogP contribution in [-0.4, -0.2) is 6.29 Å². The Balaban J connectivity index is 2.21. The van der Waals surface area contributed by atoms with Gasteiger partial charge < -0.3 is 11.2 Å². The summed E-state index contributed by atoms with van der Waals surface area (Å²) in [5, 5.41) is 0. The van der Waals surface area contributed by atoms with E-state index in [4.69, 9.17) is 0 Å². The normalized spacial score (nSPS) is 33.2. The van der Waals surface area contributed by atoms with Crippen LogP contribution in [0.3, 0.4) is 0 Å². The van der Waals surface area contributed by atoms with Crippen molar-refractivity contribution >= 4 is 6.29 Å². The molecule has 28 valence electrons. The maximum atomic E-state index is 9.54. The summed E-state index contributed by atoms with van der Waals surface area (Å²) in [6.07, 6.45) is 3.97. The lowest BCUT2D eigenvalue weighted by atomic mass is 10.5. The molecule has 0 amide bonds. The maximum absolute atomic E-state index is 9.54.